The second-order valence-electron chi connectivity index (χ2n) is 7.34. The summed E-state index contributed by atoms with van der Waals surface area (Å²) < 4.78 is 27.1. The Morgan fingerprint density at radius 1 is 1.22 bits per heavy atom. The maximum atomic E-state index is 13.4. The summed E-state index contributed by atoms with van der Waals surface area (Å²) in [6.07, 6.45) is 1.59. The summed E-state index contributed by atoms with van der Waals surface area (Å²) >= 11 is 7.63. The third kappa shape index (κ3) is 4.94. The molecule has 168 valence electrons. The van der Waals surface area contributed by atoms with Crippen molar-refractivity contribution < 1.29 is 13.2 Å². The van der Waals surface area contributed by atoms with Gasteiger partial charge in [-0.15, -0.1) is 17.9 Å². The first-order valence-electron chi connectivity index (χ1n) is 9.88. The van der Waals surface area contributed by atoms with Gasteiger partial charge in [-0.25, -0.2) is 13.4 Å². The topological polar surface area (TPSA) is 70.6 Å². The van der Waals surface area contributed by atoms with Gasteiger partial charge in [-0.2, -0.15) is 4.31 Å². The minimum atomic E-state index is -3.77. The van der Waals surface area contributed by atoms with E-state index in [0.717, 1.165) is 11.3 Å². The number of hydrogen-bond acceptors (Lipinski definition) is 5. The van der Waals surface area contributed by atoms with Crippen molar-refractivity contribution in [2.75, 3.05) is 18.5 Å². The predicted octanol–water partition coefficient (Wildman–Crippen LogP) is 5.33. The fourth-order valence-electron chi connectivity index (χ4n) is 2.92. The molecular weight excluding hydrogens is 466 g/mol. The third-order valence-electron chi connectivity index (χ3n) is 4.92. The highest BCUT2D eigenvalue weighted by Crippen LogP contribution is 2.30. The lowest BCUT2D eigenvalue weighted by Gasteiger charge is -2.22. The molecule has 0 unspecified atom stereocenters. The summed E-state index contributed by atoms with van der Waals surface area (Å²) in [5.74, 6) is -0.451. The van der Waals surface area contributed by atoms with Crippen molar-refractivity contribution in [3.8, 4) is 11.3 Å². The quantitative estimate of drug-likeness (QED) is 0.401. The summed E-state index contributed by atoms with van der Waals surface area (Å²) in [6, 6.07) is 13.6. The fraction of sp³-hybridized carbons (Fsp3) is 0.217. The van der Waals surface area contributed by atoms with Gasteiger partial charge in [0.15, 0.2) is 5.13 Å². The Morgan fingerprint density at radius 3 is 2.53 bits per heavy atom. The SMILES string of the molecule is C=CCN(C(=O)c1cc(S(=O)(=O)N(C)C(C)C)ccc1Cl)c1nc(-c2ccccc2)cs1. The molecule has 0 N–H and O–H groups in total. The average molecular weight is 490 g/mol. The molecule has 0 spiro atoms. The Hall–Kier alpha value is -2.52. The van der Waals surface area contributed by atoms with Gasteiger partial charge < -0.3 is 0 Å². The van der Waals surface area contributed by atoms with E-state index in [-0.39, 0.29) is 28.1 Å². The van der Waals surface area contributed by atoms with Gasteiger partial charge in [-0.1, -0.05) is 48.0 Å². The molecule has 1 heterocycles. The monoisotopic (exact) mass is 489 g/mol. The van der Waals surface area contributed by atoms with E-state index in [1.54, 1.807) is 19.9 Å². The van der Waals surface area contributed by atoms with E-state index in [2.05, 4.69) is 11.6 Å². The van der Waals surface area contributed by atoms with Crippen LogP contribution in [0.3, 0.4) is 0 Å². The number of nitrogens with zero attached hydrogens (tertiary/aromatic N) is 3. The highest BCUT2D eigenvalue weighted by Gasteiger charge is 2.27. The number of carbonyl (C=O) groups excluding carboxylic acids is 1. The molecular formula is C23H24ClN3O3S2. The molecule has 3 rings (SSSR count). The number of carbonyl (C=O) groups is 1. The molecule has 1 amide bonds. The Bertz CT molecular complexity index is 1220. The lowest BCUT2D eigenvalue weighted by atomic mass is 10.2. The van der Waals surface area contributed by atoms with Crippen LogP contribution in [0.15, 0.2) is 71.5 Å². The molecule has 0 fully saturated rings. The van der Waals surface area contributed by atoms with Crippen molar-refractivity contribution in [3.63, 3.8) is 0 Å². The normalized spacial score (nSPS) is 11.7. The second-order valence-corrected chi connectivity index (χ2v) is 10.6. The van der Waals surface area contributed by atoms with E-state index in [1.807, 2.05) is 35.7 Å². The lowest BCUT2D eigenvalue weighted by Crippen LogP contribution is -2.34. The maximum absolute atomic E-state index is 13.4. The van der Waals surface area contributed by atoms with Gasteiger partial charge in [0.1, 0.15) is 0 Å². The van der Waals surface area contributed by atoms with E-state index in [4.69, 9.17) is 11.6 Å². The van der Waals surface area contributed by atoms with Gasteiger partial charge >= 0.3 is 0 Å². The summed E-state index contributed by atoms with van der Waals surface area (Å²) in [7, 11) is -2.27. The number of halogens is 1. The van der Waals surface area contributed by atoms with Crippen LogP contribution in [0, 0.1) is 0 Å². The molecule has 0 atom stereocenters. The van der Waals surface area contributed by atoms with Crippen molar-refractivity contribution in [2.45, 2.75) is 24.8 Å². The molecule has 9 heteroatoms. The molecule has 32 heavy (non-hydrogen) atoms. The van der Waals surface area contributed by atoms with Gasteiger partial charge in [0.2, 0.25) is 10.0 Å². The Balaban J connectivity index is 2.00. The number of thiazole rings is 1. The van der Waals surface area contributed by atoms with Crippen LogP contribution in [-0.2, 0) is 10.0 Å². The van der Waals surface area contributed by atoms with Crippen molar-refractivity contribution in [3.05, 3.63) is 77.2 Å². The highest BCUT2D eigenvalue weighted by atomic mass is 35.5. The van der Waals surface area contributed by atoms with Crippen molar-refractivity contribution >= 4 is 44.0 Å². The average Bonchev–Trinajstić information content (AvgIpc) is 3.27. The molecule has 0 aliphatic heterocycles. The number of hydrogen-bond donors (Lipinski definition) is 0. The first-order valence-corrected chi connectivity index (χ1v) is 12.6. The molecule has 1 aromatic heterocycles. The summed E-state index contributed by atoms with van der Waals surface area (Å²) in [5, 5.41) is 2.50. The largest absolute Gasteiger partial charge is 0.280 e. The van der Waals surface area contributed by atoms with E-state index >= 15 is 0 Å². The molecule has 0 saturated carbocycles. The minimum absolute atomic E-state index is 0.00381. The van der Waals surface area contributed by atoms with Crippen LogP contribution >= 0.6 is 22.9 Å². The number of amides is 1. The summed E-state index contributed by atoms with van der Waals surface area (Å²) in [5.41, 5.74) is 1.76. The first kappa shape index (κ1) is 24.1. The molecule has 3 aromatic rings. The van der Waals surface area contributed by atoms with E-state index < -0.39 is 15.9 Å². The summed E-state index contributed by atoms with van der Waals surface area (Å²) in [6.45, 7) is 7.48. The number of aromatic nitrogens is 1. The van der Waals surface area contributed by atoms with Crippen molar-refractivity contribution in [2.24, 2.45) is 0 Å². The Labute approximate surface area is 197 Å². The van der Waals surface area contributed by atoms with Crippen LogP contribution in [0.2, 0.25) is 5.02 Å². The molecule has 6 nitrogen and oxygen atoms in total. The number of rotatable bonds is 8. The number of sulfonamides is 1. The molecule has 0 bridgehead atoms. The zero-order chi connectivity index (χ0) is 23.5. The van der Waals surface area contributed by atoms with E-state index in [1.165, 1.54) is 45.8 Å². The predicted molar refractivity (Wildman–Crippen MR) is 131 cm³/mol. The van der Waals surface area contributed by atoms with Crippen LogP contribution in [0.1, 0.15) is 24.2 Å². The Kier molecular flexibility index (Phi) is 7.51. The van der Waals surface area contributed by atoms with Crippen molar-refractivity contribution in [1.29, 1.82) is 0 Å². The van der Waals surface area contributed by atoms with Gasteiger partial charge in [-0.3, -0.25) is 9.69 Å². The van der Waals surface area contributed by atoms with Crippen LogP contribution in [0.25, 0.3) is 11.3 Å². The number of anilines is 1. The summed E-state index contributed by atoms with van der Waals surface area (Å²) in [4.78, 5) is 19.5. The molecule has 0 saturated heterocycles. The van der Waals surface area contributed by atoms with Crippen LogP contribution < -0.4 is 4.90 Å². The van der Waals surface area contributed by atoms with Crippen LogP contribution in [-0.4, -0.2) is 43.2 Å². The molecule has 0 radical (unpaired) electrons. The van der Waals surface area contributed by atoms with Gasteiger partial charge in [-0.05, 0) is 32.0 Å². The zero-order valence-electron chi connectivity index (χ0n) is 18.0. The van der Waals surface area contributed by atoms with E-state index in [9.17, 15) is 13.2 Å². The lowest BCUT2D eigenvalue weighted by molar-refractivity contribution is 0.0989. The standard InChI is InChI=1S/C23H24ClN3O3S2/c1-5-13-27(23-25-21(15-31-23)17-9-7-6-8-10-17)22(28)19-14-18(11-12-20(19)24)32(29,30)26(4)16(2)3/h5-12,14-16H,1,13H2,2-4H3. The third-order valence-corrected chi connectivity index (χ3v) is 8.14. The number of benzene rings is 2. The van der Waals surface area contributed by atoms with Gasteiger partial charge in [0.25, 0.3) is 5.91 Å². The molecule has 0 aliphatic carbocycles. The second kappa shape index (κ2) is 9.95. The van der Waals surface area contributed by atoms with Gasteiger partial charge in [0.05, 0.1) is 21.2 Å². The fourth-order valence-corrected chi connectivity index (χ4v) is 5.36. The zero-order valence-corrected chi connectivity index (χ0v) is 20.4. The maximum Gasteiger partial charge on any atom is 0.261 e. The first-order chi connectivity index (χ1) is 15.2. The Morgan fingerprint density at radius 2 is 1.91 bits per heavy atom. The van der Waals surface area contributed by atoms with E-state index in [0.29, 0.717) is 5.13 Å². The van der Waals surface area contributed by atoms with Crippen LogP contribution in [0.5, 0.6) is 0 Å². The van der Waals surface area contributed by atoms with Crippen LogP contribution in [0.4, 0.5) is 5.13 Å². The molecule has 2 aromatic carbocycles. The van der Waals surface area contributed by atoms with Gasteiger partial charge in [0, 0.05) is 30.6 Å². The van der Waals surface area contributed by atoms with Crippen molar-refractivity contribution in [1.82, 2.24) is 9.29 Å². The molecule has 0 aliphatic rings. The smallest absolute Gasteiger partial charge is 0.261 e. The minimum Gasteiger partial charge on any atom is -0.280 e. The highest BCUT2D eigenvalue weighted by molar-refractivity contribution is 7.89.